The van der Waals surface area contributed by atoms with E-state index in [9.17, 15) is 0 Å². The van der Waals surface area contributed by atoms with Gasteiger partial charge in [0.1, 0.15) is 0 Å². The first-order valence-electron chi connectivity index (χ1n) is 3.21. The molecule has 0 saturated heterocycles. The normalized spacial score (nSPS) is 10.0. The van der Waals surface area contributed by atoms with Crippen LogP contribution in [0.5, 0.6) is 0 Å². The van der Waals surface area contributed by atoms with Gasteiger partial charge in [0.2, 0.25) is 0 Å². The van der Waals surface area contributed by atoms with Crippen molar-refractivity contribution in [1.82, 2.24) is 20.6 Å². The van der Waals surface area contributed by atoms with E-state index < -0.39 is 0 Å². The number of H-pyrrole nitrogens is 1. The van der Waals surface area contributed by atoms with Crippen LogP contribution in [0.2, 0.25) is 0 Å². The van der Waals surface area contributed by atoms with Crippen molar-refractivity contribution in [1.29, 1.82) is 0 Å². The van der Waals surface area contributed by atoms with E-state index in [-0.39, 0.29) is 6.61 Å². The second-order valence-corrected chi connectivity index (χ2v) is 1.98. The standard InChI is InChI=1S/C4H10N6O/c5-10(2-1-3-11)4-6-8-9-7-4/h11H,1-3,5H2,(H,6,7,8,9). The van der Waals surface area contributed by atoms with E-state index in [1.165, 1.54) is 5.01 Å². The van der Waals surface area contributed by atoms with Crippen LogP contribution in [-0.4, -0.2) is 38.9 Å². The molecular weight excluding hydrogens is 148 g/mol. The number of aromatic amines is 1. The van der Waals surface area contributed by atoms with E-state index in [1.807, 2.05) is 0 Å². The molecule has 0 aromatic carbocycles. The molecule has 1 aromatic heterocycles. The predicted molar refractivity (Wildman–Crippen MR) is 37.4 cm³/mol. The van der Waals surface area contributed by atoms with Crippen LogP contribution in [0.4, 0.5) is 5.95 Å². The van der Waals surface area contributed by atoms with Crippen molar-refractivity contribution in [2.75, 3.05) is 18.2 Å². The van der Waals surface area contributed by atoms with Crippen molar-refractivity contribution in [2.24, 2.45) is 5.84 Å². The van der Waals surface area contributed by atoms with E-state index in [4.69, 9.17) is 10.9 Å². The average molecular weight is 158 g/mol. The van der Waals surface area contributed by atoms with Gasteiger partial charge in [0.25, 0.3) is 5.95 Å². The van der Waals surface area contributed by atoms with E-state index in [0.717, 1.165) is 0 Å². The highest BCUT2D eigenvalue weighted by atomic mass is 16.3. The van der Waals surface area contributed by atoms with Gasteiger partial charge < -0.3 is 5.11 Å². The van der Waals surface area contributed by atoms with Crippen molar-refractivity contribution < 1.29 is 5.11 Å². The Morgan fingerprint density at radius 3 is 3.00 bits per heavy atom. The molecule has 0 aliphatic carbocycles. The summed E-state index contributed by atoms with van der Waals surface area (Å²) in [5.74, 6) is 5.79. The number of nitrogens with two attached hydrogens (primary N) is 1. The highest BCUT2D eigenvalue weighted by molar-refractivity contribution is 5.21. The minimum atomic E-state index is 0.103. The predicted octanol–water partition coefficient (Wildman–Crippen LogP) is -1.74. The Bertz CT molecular complexity index is 186. The number of aromatic nitrogens is 4. The summed E-state index contributed by atoms with van der Waals surface area (Å²) < 4.78 is 0. The van der Waals surface area contributed by atoms with Crippen molar-refractivity contribution in [2.45, 2.75) is 6.42 Å². The molecule has 0 spiro atoms. The summed E-state index contributed by atoms with van der Waals surface area (Å²) in [4.78, 5) is 0. The molecule has 11 heavy (non-hydrogen) atoms. The second kappa shape index (κ2) is 3.84. The van der Waals surface area contributed by atoms with Crippen LogP contribution in [0.15, 0.2) is 0 Å². The van der Waals surface area contributed by atoms with Crippen LogP contribution in [0.25, 0.3) is 0 Å². The van der Waals surface area contributed by atoms with Gasteiger partial charge in [0.15, 0.2) is 0 Å². The number of nitrogens with one attached hydrogen (secondary N) is 1. The van der Waals surface area contributed by atoms with Crippen LogP contribution in [-0.2, 0) is 0 Å². The largest absolute Gasteiger partial charge is 0.396 e. The fraction of sp³-hybridized carbons (Fsp3) is 0.750. The van der Waals surface area contributed by atoms with Gasteiger partial charge in [-0.2, -0.15) is 5.21 Å². The molecule has 0 radical (unpaired) electrons. The van der Waals surface area contributed by atoms with Crippen LogP contribution in [0.3, 0.4) is 0 Å². The topological polar surface area (TPSA) is 104 Å². The first kappa shape index (κ1) is 7.89. The summed E-state index contributed by atoms with van der Waals surface area (Å²) in [5, 5.41) is 22.7. The molecule has 7 heteroatoms. The molecule has 0 aliphatic heterocycles. The molecule has 1 rings (SSSR count). The molecule has 0 atom stereocenters. The molecule has 62 valence electrons. The number of tetrazole rings is 1. The van der Waals surface area contributed by atoms with Crippen LogP contribution < -0.4 is 10.9 Å². The molecule has 7 nitrogen and oxygen atoms in total. The fourth-order valence-corrected chi connectivity index (χ4v) is 0.619. The number of rotatable bonds is 4. The summed E-state index contributed by atoms with van der Waals surface area (Å²) >= 11 is 0. The molecular formula is C4H10N6O. The average Bonchev–Trinajstić information content (AvgIpc) is 2.52. The highest BCUT2D eigenvalue weighted by Crippen LogP contribution is 1.96. The monoisotopic (exact) mass is 158 g/mol. The van der Waals surface area contributed by atoms with Gasteiger partial charge in [0, 0.05) is 13.2 Å². The summed E-state index contributed by atoms with van der Waals surface area (Å²) in [6, 6.07) is 0. The van der Waals surface area contributed by atoms with Crippen molar-refractivity contribution >= 4 is 5.95 Å². The Balaban J connectivity index is 2.36. The number of aliphatic hydroxyl groups excluding tert-OH is 1. The molecule has 0 fully saturated rings. The minimum absolute atomic E-state index is 0.103. The summed E-state index contributed by atoms with van der Waals surface area (Å²) in [5.41, 5.74) is 0. The lowest BCUT2D eigenvalue weighted by Crippen LogP contribution is -2.33. The van der Waals surface area contributed by atoms with Gasteiger partial charge in [-0.1, -0.05) is 5.10 Å². The first-order chi connectivity index (χ1) is 5.34. The number of aliphatic hydroxyl groups is 1. The first-order valence-corrected chi connectivity index (χ1v) is 3.21. The van der Waals surface area contributed by atoms with Crippen molar-refractivity contribution in [3.05, 3.63) is 0 Å². The van der Waals surface area contributed by atoms with Crippen molar-refractivity contribution in [3.63, 3.8) is 0 Å². The third kappa shape index (κ3) is 2.13. The van der Waals surface area contributed by atoms with Gasteiger partial charge >= 0.3 is 0 Å². The van der Waals surface area contributed by atoms with Gasteiger partial charge in [-0.25, -0.2) is 5.84 Å². The van der Waals surface area contributed by atoms with E-state index >= 15 is 0 Å². The number of hydrogen-bond acceptors (Lipinski definition) is 6. The fourth-order valence-electron chi connectivity index (χ4n) is 0.619. The maximum Gasteiger partial charge on any atom is 0.279 e. The quantitative estimate of drug-likeness (QED) is 0.355. The van der Waals surface area contributed by atoms with E-state index in [0.29, 0.717) is 18.9 Å². The maximum absolute atomic E-state index is 8.47. The number of hydrazine groups is 1. The molecule has 1 aromatic rings. The second-order valence-electron chi connectivity index (χ2n) is 1.98. The van der Waals surface area contributed by atoms with Crippen LogP contribution >= 0.6 is 0 Å². The SMILES string of the molecule is NN(CCCO)c1nn[nH]n1. The Kier molecular flexibility index (Phi) is 2.75. The molecule has 1 heterocycles. The maximum atomic E-state index is 8.47. The Labute approximate surface area is 63.2 Å². The Hall–Kier alpha value is -1.21. The smallest absolute Gasteiger partial charge is 0.279 e. The lowest BCUT2D eigenvalue weighted by molar-refractivity contribution is 0.289. The Morgan fingerprint density at radius 2 is 2.45 bits per heavy atom. The van der Waals surface area contributed by atoms with Gasteiger partial charge in [-0.3, -0.25) is 5.01 Å². The molecule has 0 unspecified atom stereocenters. The number of anilines is 1. The third-order valence-corrected chi connectivity index (χ3v) is 1.15. The van der Waals surface area contributed by atoms with Crippen molar-refractivity contribution in [3.8, 4) is 0 Å². The summed E-state index contributed by atoms with van der Waals surface area (Å²) in [6.07, 6.45) is 0.588. The van der Waals surface area contributed by atoms with E-state index in [1.54, 1.807) is 0 Å². The van der Waals surface area contributed by atoms with Crippen LogP contribution in [0, 0.1) is 0 Å². The number of hydrogen-bond donors (Lipinski definition) is 3. The zero-order valence-electron chi connectivity index (χ0n) is 5.93. The third-order valence-electron chi connectivity index (χ3n) is 1.15. The lowest BCUT2D eigenvalue weighted by atomic mass is 10.4. The van der Waals surface area contributed by atoms with Gasteiger partial charge in [0.05, 0.1) is 0 Å². The minimum Gasteiger partial charge on any atom is -0.396 e. The zero-order chi connectivity index (χ0) is 8.10. The molecule has 0 amide bonds. The molecule has 4 N–H and O–H groups in total. The molecule has 0 saturated carbocycles. The van der Waals surface area contributed by atoms with Gasteiger partial charge in [-0.05, 0) is 11.6 Å². The highest BCUT2D eigenvalue weighted by Gasteiger charge is 2.03. The molecule has 0 bridgehead atoms. The lowest BCUT2D eigenvalue weighted by Gasteiger charge is -2.11. The van der Waals surface area contributed by atoms with E-state index in [2.05, 4.69) is 20.6 Å². The summed E-state index contributed by atoms with van der Waals surface area (Å²) in [6.45, 7) is 0.613. The molecule has 0 aliphatic rings. The van der Waals surface area contributed by atoms with Gasteiger partial charge in [-0.15, -0.1) is 5.10 Å². The van der Waals surface area contributed by atoms with Crippen LogP contribution in [0.1, 0.15) is 6.42 Å². The zero-order valence-corrected chi connectivity index (χ0v) is 5.93. The summed E-state index contributed by atoms with van der Waals surface area (Å²) in [7, 11) is 0. The Morgan fingerprint density at radius 1 is 1.64 bits per heavy atom. The number of nitrogens with zero attached hydrogens (tertiary/aromatic N) is 4.